The number of hydrogen-bond donors (Lipinski definition) is 4. The second-order valence-electron chi connectivity index (χ2n) is 14.7. The molecule has 10 nitrogen and oxygen atoms in total. The van der Waals surface area contributed by atoms with Crippen molar-refractivity contribution in [2.24, 2.45) is 5.41 Å². The van der Waals surface area contributed by atoms with Crippen LogP contribution >= 0.6 is 0 Å². The maximum atomic E-state index is 12.8. The summed E-state index contributed by atoms with van der Waals surface area (Å²) in [6.45, 7) is 13.3. The Hall–Kier alpha value is -3.76. The smallest absolute Gasteiger partial charge is 0.251 e. The summed E-state index contributed by atoms with van der Waals surface area (Å²) in [6.07, 6.45) is 8.47. The predicted molar refractivity (Wildman–Crippen MR) is 192 cm³/mol. The minimum atomic E-state index is -0.222. The largest absolute Gasteiger partial charge is 0.494 e. The van der Waals surface area contributed by atoms with Gasteiger partial charge in [0.25, 0.3) is 5.91 Å². The van der Waals surface area contributed by atoms with E-state index in [0.717, 1.165) is 80.5 Å². The van der Waals surface area contributed by atoms with E-state index in [1.54, 1.807) is 12.1 Å². The van der Waals surface area contributed by atoms with Crippen molar-refractivity contribution in [1.82, 2.24) is 26.3 Å². The molecule has 268 valence electrons. The van der Waals surface area contributed by atoms with Crippen LogP contribution in [-0.4, -0.2) is 54.5 Å². The number of aromatic amines is 1. The highest BCUT2D eigenvalue weighted by atomic mass is 16.5. The lowest BCUT2D eigenvalue weighted by molar-refractivity contribution is -0.763. The second kappa shape index (κ2) is 18.3. The molecule has 1 atom stereocenters. The highest BCUT2D eigenvalue weighted by Crippen LogP contribution is 2.28. The van der Waals surface area contributed by atoms with Crippen LogP contribution in [-0.2, 0) is 35.5 Å². The van der Waals surface area contributed by atoms with Gasteiger partial charge in [0.2, 0.25) is 17.3 Å². The summed E-state index contributed by atoms with van der Waals surface area (Å²) in [4.78, 5) is 25.6. The molecule has 1 aliphatic rings. The van der Waals surface area contributed by atoms with Crippen LogP contribution in [0.15, 0.2) is 48.5 Å². The molecule has 0 fully saturated rings. The van der Waals surface area contributed by atoms with E-state index in [0.29, 0.717) is 31.8 Å². The zero-order valence-electron chi connectivity index (χ0n) is 30.6. The lowest BCUT2D eigenvalue weighted by atomic mass is 9.83. The molecule has 49 heavy (non-hydrogen) atoms. The van der Waals surface area contributed by atoms with Crippen LogP contribution in [0.4, 0.5) is 0 Å². The summed E-state index contributed by atoms with van der Waals surface area (Å²) in [7, 11) is 1.95. The van der Waals surface area contributed by atoms with Crippen molar-refractivity contribution < 1.29 is 23.7 Å². The zero-order valence-corrected chi connectivity index (χ0v) is 30.6. The number of nitrogens with zero attached hydrogens (tertiary/aromatic N) is 2. The SMILES string of the molecule is CCC(C)(C)Cc1ccc(CNC(=O)COC2CCCCCc3n[nH][n+](CCCNC(=O)c4ccc(OCCC(C)(C)NC)cc4)c32)cc1. The van der Waals surface area contributed by atoms with E-state index >= 15 is 0 Å². The molecule has 0 radical (unpaired) electrons. The highest BCUT2D eigenvalue weighted by molar-refractivity contribution is 5.94. The van der Waals surface area contributed by atoms with E-state index in [1.807, 2.05) is 23.9 Å². The number of rotatable bonds is 18. The Kier molecular flexibility index (Phi) is 14.2. The molecule has 1 heterocycles. The van der Waals surface area contributed by atoms with E-state index in [2.05, 4.69) is 85.1 Å². The van der Waals surface area contributed by atoms with Crippen molar-refractivity contribution in [3.8, 4) is 5.75 Å². The molecular formula is C39H59N6O4+. The monoisotopic (exact) mass is 675 g/mol. The van der Waals surface area contributed by atoms with Crippen LogP contribution < -0.4 is 25.4 Å². The molecule has 4 rings (SSSR count). The molecule has 1 aliphatic carbocycles. The average Bonchev–Trinajstić information content (AvgIpc) is 3.47. The Bertz CT molecular complexity index is 1470. The van der Waals surface area contributed by atoms with Crippen molar-refractivity contribution >= 4 is 11.8 Å². The lowest BCUT2D eigenvalue weighted by Crippen LogP contribution is -2.43. The molecule has 2 aromatic carbocycles. The van der Waals surface area contributed by atoms with E-state index in [4.69, 9.17) is 9.47 Å². The molecule has 10 heteroatoms. The first kappa shape index (κ1) is 38.0. The molecular weight excluding hydrogens is 616 g/mol. The third-order valence-corrected chi connectivity index (χ3v) is 9.78. The quantitative estimate of drug-likeness (QED) is 0.101. The topological polar surface area (TPSA) is 121 Å². The van der Waals surface area contributed by atoms with Crippen molar-refractivity contribution in [1.29, 1.82) is 0 Å². The van der Waals surface area contributed by atoms with Gasteiger partial charge in [-0.3, -0.25) is 9.59 Å². The predicted octanol–water partition coefficient (Wildman–Crippen LogP) is 5.75. The normalized spacial score (nSPS) is 15.2. The van der Waals surface area contributed by atoms with E-state index in [1.165, 1.54) is 5.56 Å². The fraction of sp³-hybridized carbons (Fsp3) is 0.590. The zero-order chi connectivity index (χ0) is 35.3. The third-order valence-electron chi connectivity index (χ3n) is 9.78. The Morgan fingerprint density at radius 2 is 1.71 bits per heavy atom. The molecule has 2 amide bonds. The fourth-order valence-electron chi connectivity index (χ4n) is 5.87. The third kappa shape index (κ3) is 12.3. The van der Waals surface area contributed by atoms with Gasteiger partial charge in [-0.1, -0.05) is 69.5 Å². The number of benzene rings is 2. The van der Waals surface area contributed by atoms with Crippen molar-refractivity contribution in [2.75, 3.05) is 26.8 Å². The van der Waals surface area contributed by atoms with Gasteiger partial charge in [-0.05, 0) is 87.4 Å². The molecule has 0 aliphatic heterocycles. The maximum absolute atomic E-state index is 12.8. The number of H-pyrrole nitrogens is 1. The number of nitrogens with one attached hydrogen (secondary N) is 4. The second-order valence-corrected chi connectivity index (χ2v) is 14.7. The number of carbonyl (C=O) groups is 2. The van der Waals surface area contributed by atoms with Crippen molar-refractivity contribution in [2.45, 2.75) is 117 Å². The molecule has 0 saturated heterocycles. The van der Waals surface area contributed by atoms with Crippen LogP contribution in [0.2, 0.25) is 0 Å². The summed E-state index contributed by atoms with van der Waals surface area (Å²) in [5.74, 6) is 0.507. The minimum Gasteiger partial charge on any atom is -0.494 e. The van der Waals surface area contributed by atoms with Gasteiger partial charge >= 0.3 is 0 Å². The molecule has 1 aromatic heterocycles. The van der Waals surface area contributed by atoms with Crippen LogP contribution in [0, 0.1) is 5.41 Å². The van der Waals surface area contributed by atoms with Crippen molar-refractivity contribution in [3.05, 3.63) is 76.6 Å². The standard InChI is InChI=1S/C39H58N6O4/c1-7-38(2,3)26-29-14-16-30(17-15-29)27-42-35(46)28-49-34-13-10-8-9-12-33-36(34)45(44-43-33)24-11-23-41-37(47)31-18-20-32(21-19-31)48-25-22-39(4,5)40-6/h14-21,34,40H,7-13,22-28H2,1-6H3,(H2,41,42,46,47)/p+1. The minimum absolute atomic E-state index is 0.00806. The van der Waals surface area contributed by atoms with E-state index in [9.17, 15) is 9.59 Å². The fourth-order valence-corrected chi connectivity index (χ4v) is 5.87. The number of carbonyl (C=O) groups excluding carboxylic acids is 2. The Morgan fingerprint density at radius 1 is 0.980 bits per heavy atom. The van der Waals surface area contributed by atoms with Gasteiger partial charge in [0.1, 0.15) is 25.0 Å². The molecule has 4 N–H and O–H groups in total. The number of aryl methyl sites for hydroxylation is 2. The first-order valence-corrected chi connectivity index (χ1v) is 18.1. The molecule has 3 aromatic rings. The van der Waals surface area contributed by atoms with E-state index in [-0.39, 0.29) is 35.5 Å². The summed E-state index contributed by atoms with van der Waals surface area (Å²) in [6, 6.07) is 15.8. The number of fused-ring (bicyclic) bond motifs is 1. The van der Waals surface area contributed by atoms with Crippen LogP contribution in [0.5, 0.6) is 5.75 Å². The first-order valence-electron chi connectivity index (χ1n) is 18.1. The van der Waals surface area contributed by atoms with Gasteiger partial charge in [-0.2, -0.15) is 4.68 Å². The first-order chi connectivity index (χ1) is 23.5. The summed E-state index contributed by atoms with van der Waals surface area (Å²) in [5.41, 5.74) is 5.29. The number of amides is 2. The maximum Gasteiger partial charge on any atom is 0.251 e. The van der Waals surface area contributed by atoms with Crippen LogP contribution in [0.3, 0.4) is 0 Å². The van der Waals surface area contributed by atoms with Gasteiger partial charge in [-0.25, -0.2) is 0 Å². The van der Waals surface area contributed by atoms with Gasteiger partial charge in [0.05, 0.1) is 6.61 Å². The molecule has 0 bridgehead atoms. The lowest BCUT2D eigenvalue weighted by Gasteiger charge is -2.23. The van der Waals surface area contributed by atoms with Gasteiger partial charge in [0.15, 0.2) is 0 Å². The average molecular weight is 676 g/mol. The number of ether oxygens (including phenoxy) is 2. The Morgan fingerprint density at radius 3 is 2.43 bits per heavy atom. The van der Waals surface area contributed by atoms with Gasteiger partial charge < -0.3 is 25.4 Å². The Balaban J connectivity index is 1.23. The number of aromatic nitrogens is 3. The van der Waals surface area contributed by atoms with Crippen molar-refractivity contribution in [3.63, 3.8) is 0 Å². The van der Waals surface area contributed by atoms with Gasteiger partial charge in [0, 0.05) is 42.1 Å². The summed E-state index contributed by atoms with van der Waals surface area (Å²) in [5, 5.41) is 17.1. The summed E-state index contributed by atoms with van der Waals surface area (Å²) < 4.78 is 14.1. The van der Waals surface area contributed by atoms with Crippen LogP contribution in [0.1, 0.15) is 119 Å². The Labute approximate surface area is 293 Å². The number of hydrogen-bond acceptors (Lipinski definition) is 6. The van der Waals surface area contributed by atoms with E-state index < -0.39 is 0 Å². The molecule has 0 spiro atoms. The molecule has 1 unspecified atom stereocenters. The summed E-state index contributed by atoms with van der Waals surface area (Å²) >= 11 is 0. The molecule has 0 saturated carbocycles. The van der Waals surface area contributed by atoms with Gasteiger partial charge in [-0.15, -0.1) is 0 Å². The highest BCUT2D eigenvalue weighted by Gasteiger charge is 2.31. The van der Waals surface area contributed by atoms with Crippen LogP contribution in [0.25, 0.3) is 0 Å².